The highest BCUT2D eigenvalue weighted by atomic mass is 16.6. The summed E-state index contributed by atoms with van der Waals surface area (Å²) in [5, 5.41) is 10.5. The van der Waals surface area contributed by atoms with Gasteiger partial charge in [0.05, 0.1) is 38.1 Å². The van der Waals surface area contributed by atoms with E-state index in [4.69, 9.17) is 19.9 Å². The average molecular weight is 291 g/mol. The van der Waals surface area contributed by atoms with Crippen LogP contribution in [0.15, 0.2) is 0 Å². The number of hydrogen-bond donors (Lipinski definition) is 2. The van der Waals surface area contributed by atoms with Crippen LogP contribution in [0.1, 0.15) is 22.3 Å². The lowest BCUT2D eigenvalue weighted by molar-refractivity contribution is 0.393. The molecule has 1 aromatic rings. The van der Waals surface area contributed by atoms with Crippen LogP contribution >= 0.6 is 0 Å². The third kappa shape index (κ3) is 2.73. The largest absolute Gasteiger partial charge is 0.507 e. The first-order chi connectivity index (χ1) is 10.1. The lowest BCUT2D eigenvalue weighted by atomic mass is 9.87. The Labute approximate surface area is 124 Å². The molecule has 114 valence electrons. The van der Waals surface area contributed by atoms with Crippen molar-refractivity contribution in [1.82, 2.24) is 0 Å². The van der Waals surface area contributed by atoms with Crippen LogP contribution in [0.5, 0.6) is 5.75 Å². The van der Waals surface area contributed by atoms with Crippen molar-refractivity contribution in [3.8, 4) is 5.75 Å². The van der Waals surface area contributed by atoms with Crippen LogP contribution in [0, 0.1) is 6.92 Å². The monoisotopic (exact) mass is 291 g/mol. The minimum absolute atomic E-state index is 0.239. The highest BCUT2D eigenvalue weighted by Gasteiger charge is 2.34. The predicted molar refractivity (Wildman–Crippen MR) is 77.6 cm³/mol. The Morgan fingerprint density at radius 1 is 0.905 bits per heavy atom. The van der Waals surface area contributed by atoms with Crippen molar-refractivity contribution in [2.24, 2.45) is 0 Å². The van der Waals surface area contributed by atoms with E-state index in [1.807, 2.05) is 6.92 Å². The Morgan fingerprint density at radius 2 is 1.33 bits per heavy atom. The second kappa shape index (κ2) is 4.87. The minimum Gasteiger partial charge on any atom is -0.507 e. The molecule has 3 unspecified atom stereocenters. The molecule has 3 fully saturated rings. The van der Waals surface area contributed by atoms with Crippen molar-refractivity contribution < 1.29 is 19.3 Å². The molecule has 5 heteroatoms. The first-order valence-electron chi connectivity index (χ1n) is 7.60. The van der Waals surface area contributed by atoms with Gasteiger partial charge in [-0.3, -0.25) is 0 Å². The number of anilines is 1. The number of ether oxygens (including phenoxy) is 3. The molecule has 0 saturated carbocycles. The van der Waals surface area contributed by atoms with Crippen LogP contribution in [0.4, 0.5) is 5.69 Å². The summed E-state index contributed by atoms with van der Waals surface area (Å²) in [6.07, 6.45) is 3.19. The van der Waals surface area contributed by atoms with Crippen LogP contribution < -0.4 is 5.73 Å². The second-order valence-corrected chi connectivity index (χ2v) is 6.30. The minimum atomic E-state index is 0.239. The first kappa shape index (κ1) is 13.4. The fourth-order valence-corrected chi connectivity index (χ4v) is 3.01. The van der Waals surface area contributed by atoms with Crippen molar-refractivity contribution in [3.05, 3.63) is 22.3 Å². The number of nitrogens with two attached hydrogens (primary N) is 1. The lowest BCUT2D eigenvalue weighted by Gasteiger charge is -2.20. The lowest BCUT2D eigenvalue weighted by Crippen LogP contribution is -2.13. The third-order valence-electron chi connectivity index (χ3n) is 4.60. The molecule has 3 aliphatic heterocycles. The summed E-state index contributed by atoms with van der Waals surface area (Å²) in [7, 11) is 0. The van der Waals surface area contributed by atoms with E-state index in [2.05, 4.69) is 0 Å². The van der Waals surface area contributed by atoms with Gasteiger partial charge in [-0.1, -0.05) is 0 Å². The van der Waals surface area contributed by atoms with Crippen LogP contribution in [0.2, 0.25) is 0 Å². The van der Waals surface area contributed by atoms with Gasteiger partial charge in [0.25, 0.3) is 0 Å². The van der Waals surface area contributed by atoms with E-state index in [0.717, 1.165) is 61.3 Å². The maximum Gasteiger partial charge on any atom is 0.124 e. The number of benzene rings is 1. The summed E-state index contributed by atoms with van der Waals surface area (Å²) in [6.45, 7) is 4.27. The molecule has 3 aliphatic rings. The zero-order valence-electron chi connectivity index (χ0n) is 12.2. The molecule has 3 saturated heterocycles. The Morgan fingerprint density at radius 3 is 1.81 bits per heavy atom. The number of rotatable bonds is 6. The Kier molecular flexibility index (Phi) is 3.10. The maximum absolute atomic E-state index is 10.5. The summed E-state index contributed by atoms with van der Waals surface area (Å²) in [5.41, 5.74) is 11.1. The smallest absolute Gasteiger partial charge is 0.124 e. The van der Waals surface area contributed by atoms with Gasteiger partial charge in [0.2, 0.25) is 0 Å². The molecule has 3 N–H and O–H groups in total. The van der Waals surface area contributed by atoms with E-state index in [0.29, 0.717) is 11.4 Å². The van der Waals surface area contributed by atoms with Gasteiger partial charge in [-0.25, -0.2) is 0 Å². The quantitative estimate of drug-likeness (QED) is 0.606. The van der Waals surface area contributed by atoms with Gasteiger partial charge in [-0.05, 0) is 18.1 Å². The van der Waals surface area contributed by atoms with E-state index >= 15 is 0 Å². The van der Waals surface area contributed by atoms with Gasteiger partial charge in [0.15, 0.2) is 0 Å². The van der Waals surface area contributed by atoms with Crippen LogP contribution in [0.3, 0.4) is 0 Å². The van der Waals surface area contributed by atoms with Crippen molar-refractivity contribution in [2.75, 3.05) is 25.6 Å². The van der Waals surface area contributed by atoms with Crippen molar-refractivity contribution in [2.45, 2.75) is 44.5 Å². The van der Waals surface area contributed by atoms with Gasteiger partial charge in [-0.2, -0.15) is 0 Å². The van der Waals surface area contributed by atoms with Gasteiger partial charge in [0, 0.05) is 36.1 Å². The number of hydrogen-bond acceptors (Lipinski definition) is 5. The van der Waals surface area contributed by atoms with Crippen molar-refractivity contribution in [3.63, 3.8) is 0 Å². The molecule has 0 bridgehead atoms. The summed E-state index contributed by atoms with van der Waals surface area (Å²) in [5.74, 6) is 0.333. The maximum atomic E-state index is 10.5. The van der Waals surface area contributed by atoms with Gasteiger partial charge in [-0.15, -0.1) is 0 Å². The number of epoxide rings is 3. The van der Waals surface area contributed by atoms with E-state index in [1.165, 1.54) is 0 Å². The van der Waals surface area contributed by atoms with Gasteiger partial charge < -0.3 is 25.1 Å². The molecule has 4 rings (SSSR count). The molecule has 3 atom stereocenters. The molecule has 1 aromatic carbocycles. The zero-order chi connectivity index (χ0) is 14.6. The molecule has 5 nitrogen and oxygen atoms in total. The number of nitrogen functional groups attached to an aromatic ring is 1. The van der Waals surface area contributed by atoms with Gasteiger partial charge >= 0.3 is 0 Å². The number of aromatic hydroxyl groups is 1. The van der Waals surface area contributed by atoms with Crippen LogP contribution in [-0.4, -0.2) is 43.2 Å². The van der Waals surface area contributed by atoms with Crippen LogP contribution in [0.25, 0.3) is 0 Å². The summed E-state index contributed by atoms with van der Waals surface area (Å²) in [6, 6.07) is 0. The molecule has 0 aromatic heterocycles. The van der Waals surface area contributed by atoms with Crippen molar-refractivity contribution >= 4 is 5.69 Å². The highest BCUT2D eigenvalue weighted by molar-refractivity contribution is 5.66. The Balaban J connectivity index is 1.78. The fraction of sp³-hybridized carbons (Fsp3) is 0.625. The molecule has 0 radical (unpaired) electrons. The standard InChI is InChI=1S/C16H21NO4/c1-8-15(17)13(3-10-6-20-10)12(2-9-5-19-9)14(16(8)18)4-11-7-21-11/h9-11,18H,2-7,17H2,1H3. The topological polar surface area (TPSA) is 83.8 Å². The Bertz CT molecular complexity index is 533. The van der Waals surface area contributed by atoms with Gasteiger partial charge in [0.1, 0.15) is 5.75 Å². The zero-order valence-corrected chi connectivity index (χ0v) is 12.2. The molecular weight excluding hydrogens is 270 g/mol. The first-order valence-corrected chi connectivity index (χ1v) is 7.60. The molecule has 0 aliphatic carbocycles. The van der Waals surface area contributed by atoms with Crippen LogP contribution in [-0.2, 0) is 33.5 Å². The van der Waals surface area contributed by atoms with E-state index in [-0.39, 0.29) is 18.3 Å². The third-order valence-corrected chi connectivity index (χ3v) is 4.60. The van der Waals surface area contributed by atoms with Crippen molar-refractivity contribution in [1.29, 1.82) is 0 Å². The number of phenolic OH excluding ortho intramolecular Hbond substituents is 1. The van der Waals surface area contributed by atoms with E-state index < -0.39 is 0 Å². The number of phenols is 1. The molecule has 0 amide bonds. The SMILES string of the molecule is Cc1c(N)c(CC2CO2)c(CC2CO2)c(CC2CO2)c1O. The van der Waals surface area contributed by atoms with E-state index in [9.17, 15) is 5.11 Å². The molecule has 0 spiro atoms. The Hall–Kier alpha value is -1.30. The predicted octanol–water partition coefficient (Wildman–Crippen LogP) is 1.11. The van der Waals surface area contributed by atoms with E-state index in [1.54, 1.807) is 0 Å². The second-order valence-electron chi connectivity index (χ2n) is 6.30. The molecule has 21 heavy (non-hydrogen) atoms. The fourth-order valence-electron chi connectivity index (χ4n) is 3.01. The normalized spacial score (nSPS) is 29.5. The molecular formula is C16H21NO4. The summed E-state index contributed by atoms with van der Waals surface area (Å²) < 4.78 is 16.1. The summed E-state index contributed by atoms with van der Waals surface area (Å²) >= 11 is 0. The molecule has 3 heterocycles. The average Bonchev–Trinajstić information content (AvgIpc) is 3.31. The highest BCUT2D eigenvalue weighted by Crippen LogP contribution is 2.40. The summed E-state index contributed by atoms with van der Waals surface area (Å²) in [4.78, 5) is 0.